The van der Waals surface area contributed by atoms with Crippen LogP contribution in [0.15, 0.2) is 36.9 Å². The van der Waals surface area contributed by atoms with Gasteiger partial charge in [-0.25, -0.2) is 0 Å². The molecule has 0 spiro atoms. The molecule has 0 aromatic heterocycles. The molecule has 2 atom stereocenters. The average molecular weight is 345 g/mol. The minimum atomic E-state index is -0.138. The first kappa shape index (κ1) is 19.5. The lowest BCUT2D eigenvalue weighted by Crippen LogP contribution is -2.45. The van der Waals surface area contributed by atoms with Crippen molar-refractivity contribution in [3.63, 3.8) is 0 Å². The van der Waals surface area contributed by atoms with Gasteiger partial charge in [-0.1, -0.05) is 24.6 Å². The van der Waals surface area contributed by atoms with E-state index >= 15 is 0 Å². The molecular weight excluding hydrogens is 314 g/mol. The van der Waals surface area contributed by atoms with E-state index in [1.165, 1.54) is 0 Å². The Morgan fingerprint density at radius 2 is 2.04 bits per heavy atom. The SMILES string of the molecule is C=CCC[C@@H]1CCN(Cc2ccc(O)cc2)C(=O)[C@H](CCCCN)N1. The fraction of sp³-hybridized carbons (Fsp3) is 0.550. The van der Waals surface area contributed by atoms with Crippen LogP contribution in [0.1, 0.15) is 44.1 Å². The molecule has 0 saturated carbocycles. The second-order valence-electron chi connectivity index (χ2n) is 6.78. The Bertz CT molecular complexity index is 544. The Kier molecular flexibility index (Phi) is 7.95. The van der Waals surface area contributed by atoms with Crippen LogP contribution in [0.25, 0.3) is 0 Å². The average Bonchev–Trinajstić information content (AvgIpc) is 2.76. The number of hydrogen-bond acceptors (Lipinski definition) is 4. The third kappa shape index (κ3) is 6.18. The number of unbranched alkanes of at least 4 members (excludes halogenated alkanes) is 1. The van der Waals surface area contributed by atoms with Gasteiger partial charge in [0.25, 0.3) is 0 Å². The Hall–Kier alpha value is -1.85. The molecule has 0 radical (unpaired) electrons. The maximum atomic E-state index is 13.0. The van der Waals surface area contributed by atoms with E-state index in [4.69, 9.17) is 5.73 Å². The standard InChI is InChI=1S/C20H31N3O2/c1-2-3-6-17-12-14-23(15-16-8-10-18(24)11-9-16)20(25)19(22-17)7-4-5-13-21/h2,8-11,17,19,22,24H,1,3-7,12-15,21H2/t17-,19+/m1/s1. The molecule has 0 unspecified atom stereocenters. The first-order valence-corrected chi connectivity index (χ1v) is 9.27. The van der Waals surface area contributed by atoms with Gasteiger partial charge >= 0.3 is 0 Å². The molecule has 1 aromatic carbocycles. The van der Waals surface area contributed by atoms with Gasteiger partial charge in [0.1, 0.15) is 5.75 Å². The molecule has 5 nitrogen and oxygen atoms in total. The normalized spacial score (nSPS) is 21.2. The number of rotatable bonds is 9. The number of nitrogens with zero attached hydrogens (tertiary/aromatic N) is 1. The van der Waals surface area contributed by atoms with Crippen LogP contribution in [0.3, 0.4) is 0 Å². The zero-order chi connectivity index (χ0) is 18.1. The minimum absolute atomic E-state index is 0.138. The number of allylic oxidation sites excluding steroid dienone is 1. The lowest BCUT2D eigenvalue weighted by atomic mass is 10.0. The summed E-state index contributed by atoms with van der Waals surface area (Å²) in [6.45, 7) is 5.80. The van der Waals surface area contributed by atoms with E-state index in [1.54, 1.807) is 12.1 Å². The number of nitrogens with two attached hydrogens (primary N) is 1. The molecule has 1 aliphatic heterocycles. The summed E-state index contributed by atoms with van der Waals surface area (Å²) < 4.78 is 0. The number of benzene rings is 1. The molecule has 1 aromatic rings. The van der Waals surface area contributed by atoms with Crippen molar-refractivity contribution < 1.29 is 9.90 Å². The Labute approximate surface area is 150 Å². The van der Waals surface area contributed by atoms with E-state index in [9.17, 15) is 9.90 Å². The highest BCUT2D eigenvalue weighted by atomic mass is 16.3. The smallest absolute Gasteiger partial charge is 0.240 e. The van der Waals surface area contributed by atoms with Crippen LogP contribution in [0.5, 0.6) is 5.75 Å². The summed E-state index contributed by atoms with van der Waals surface area (Å²) in [4.78, 5) is 14.9. The van der Waals surface area contributed by atoms with E-state index in [0.29, 0.717) is 19.1 Å². The van der Waals surface area contributed by atoms with Crippen molar-refractivity contribution in [1.29, 1.82) is 0 Å². The van der Waals surface area contributed by atoms with Gasteiger partial charge < -0.3 is 21.1 Å². The third-order valence-electron chi connectivity index (χ3n) is 4.77. The Balaban J connectivity index is 2.05. The van der Waals surface area contributed by atoms with Crippen molar-refractivity contribution in [2.45, 2.75) is 57.2 Å². The Morgan fingerprint density at radius 3 is 2.72 bits per heavy atom. The van der Waals surface area contributed by atoms with Crippen LogP contribution in [-0.4, -0.2) is 41.1 Å². The highest BCUT2D eigenvalue weighted by Gasteiger charge is 2.30. The summed E-state index contributed by atoms with van der Waals surface area (Å²) in [5.41, 5.74) is 6.64. The van der Waals surface area contributed by atoms with E-state index in [1.807, 2.05) is 23.1 Å². The molecule has 4 N–H and O–H groups in total. The van der Waals surface area contributed by atoms with Crippen LogP contribution < -0.4 is 11.1 Å². The molecule has 1 aliphatic rings. The van der Waals surface area contributed by atoms with Crippen molar-refractivity contribution in [3.8, 4) is 5.75 Å². The first-order chi connectivity index (χ1) is 12.1. The topological polar surface area (TPSA) is 78.6 Å². The van der Waals surface area contributed by atoms with Gasteiger partial charge in [0.15, 0.2) is 0 Å². The summed E-state index contributed by atoms with van der Waals surface area (Å²) in [6.07, 6.45) is 7.59. The zero-order valence-corrected chi connectivity index (χ0v) is 15.0. The quantitative estimate of drug-likeness (QED) is 0.475. The molecule has 25 heavy (non-hydrogen) atoms. The summed E-state index contributed by atoms with van der Waals surface area (Å²) in [5, 5.41) is 13.0. The molecule has 1 amide bonds. The number of hydrogen-bond donors (Lipinski definition) is 3. The molecule has 1 heterocycles. The molecule has 138 valence electrons. The van der Waals surface area contributed by atoms with Gasteiger partial charge in [0, 0.05) is 19.1 Å². The molecular formula is C20H31N3O2. The van der Waals surface area contributed by atoms with Crippen LogP contribution in [0.2, 0.25) is 0 Å². The summed E-state index contributed by atoms with van der Waals surface area (Å²) in [7, 11) is 0. The second kappa shape index (κ2) is 10.2. The zero-order valence-electron chi connectivity index (χ0n) is 15.0. The molecule has 0 aliphatic carbocycles. The minimum Gasteiger partial charge on any atom is -0.508 e. The van der Waals surface area contributed by atoms with Crippen LogP contribution in [-0.2, 0) is 11.3 Å². The summed E-state index contributed by atoms with van der Waals surface area (Å²) in [6, 6.07) is 7.29. The van der Waals surface area contributed by atoms with E-state index < -0.39 is 0 Å². The van der Waals surface area contributed by atoms with Gasteiger partial charge in [-0.05, 0) is 56.3 Å². The molecule has 1 saturated heterocycles. The number of phenolic OH excluding ortho intramolecular Hbond substituents is 1. The van der Waals surface area contributed by atoms with Crippen molar-refractivity contribution in [1.82, 2.24) is 10.2 Å². The molecule has 2 rings (SSSR count). The fourth-order valence-electron chi connectivity index (χ4n) is 3.31. The van der Waals surface area contributed by atoms with E-state index in [-0.39, 0.29) is 17.7 Å². The van der Waals surface area contributed by atoms with Crippen molar-refractivity contribution >= 4 is 5.91 Å². The lowest BCUT2D eigenvalue weighted by Gasteiger charge is -2.25. The van der Waals surface area contributed by atoms with Gasteiger partial charge in [-0.15, -0.1) is 6.58 Å². The fourth-order valence-corrected chi connectivity index (χ4v) is 3.31. The van der Waals surface area contributed by atoms with Gasteiger partial charge in [-0.3, -0.25) is 4.79 Å². The molecule has 1 fully saturated rings. The van der Waals surface area contributed by atoms with Crippen LogP contribution >= 0.6 is 0 Å². The summed E-state index contributed by atoms with van der Waals surface area (Å²) in [5.74, 6) is 0.419. The molecule has 5 heteroatoms. The lowest BCUT2D eigenvalue weighted by molar-refractivity contribution is -0.133. The number of phenols is 1. The van der Waals surface area contributed by atoms with Gasteiger partial charge in [0.2, 0.25) is 5.91 Å². The van der Waals surface area contributed by atoms with E-state index in [0.717, 1.165) is 50.6 Å². The predicted molar refractivity (Wildman–Crippen MR) is 101 cm³/mol. The largest absolute Gasteiger partial charge is 0.508 e. The van der Waals surface area contributed by atoms with Gasteiger partial charge in [-0.2, -0.15) is 0 Å². The number of nitrogens with one attached hydrogen (secondary N) is 1. The second-order valence-corrected chi connectivity index (χ2v) is 6.78. The number of carbonyl (C=O) groups excluding carboxylic acids is 1. The summed E-state index contributed by atoms with van der Waals surface area (Å²) >= 11 is 0. The van der Waals surface area contributed by atoms with Crippen LogP contribution in [0.4, 0.5) is 0 Å². The monoisotopic (exact) mass is 345 g/mol. The van der Waals surface area contributed by atoms with Crippen molar-refractivity contribution in [2.24, 2.45) is 5.73 Å². The molecule has 0 bridgehead atoms. The van der Waals surface area contributed by atoms with Crippen molar-refractivity contribution in [2.75, 3.05) is 13.1 Å². The maximum absolute atomic E-state index is 13.0. The first-order valence-electron chi connectivity index (χ1n) is 9.27. The van der Waals surface area contributed by atoms with Gasteiger partial charge in [0.05, 0.1) is 6.04 Å². The number of amides is 1. The van der Waals surface area contributed by atoms with Crippen molar-refractivity contribution in [3.05, 3.63) is 42.5 Å². The predicted octanol–water partition coefficient (Wildman–Crippen LogP) is 2.55. The van der Waals surface area contributed by atoms with Crippen LogP contribution in [0, 0.1) is 0 Å². The highest BCUT2D eigenvalue weighted by Crippen LogP contribution is 2.18. The highest BCUT2D eigenvalue weighted by molar-refractivity contribution is 5.82. The van der Waals surface area contributed by atoms with E-state index in [2.05, 4.69) is 11.9 Å². The number of carbonyl (C=O) groups is 1. The Morgan fingerprint density at radius 1 is 1.28 bits per heavy atom. The maximum Gasteiger partial charge on any atom is 0.240 e. The third-order valence-corrected chi connectivity index (χ3v) is 4.77. The number of aromatic hydroxyl groups is 1.